The summed E-state index contributed by atoms with van der Waals surface area (Å²) in [5.74, 6) is -0.731. The Bertz CT molecular complexity index is 899. The molecular weight excluding hydrogens is 352 g/mol. The Morgan fingerprint density at radius 2 is 1.69 bits per heavy atom. The van der Waals surface area contributed by atoms with Crippen LogP contribution >= 0.6 is 11.6 Å². The summed E-state index contributed by atoms with van der Waals surface area (Å²) < 4.78 is 0. The van der Waals surface area contributed by atoms with Crippen LogP contribution < -0.4 is 16.0 Å². The molecule has 0 heterocycles. The molecule has 0 atom stereocenters. The number of carbonyl (C=O) groups is 2. The van der Waals surface area contributed by atoms with E-state index < -0.39 is 5.91 Å². The maximum Gasteiger partial charge on any atom is 0.267 e. The van der Waals surface area contributed by atoms with Gasteiger partial charge in [-0.1, -0.05) is 17.7 Å². The van der Waals surface area contributed by atoms with Crippen molar-refractivity contribution >= 4 is 40.5 Å². The largest absolute Gasteiger partial charge is 0.360 e. The van der Waals surface area contributed by atoms with Crippen LogP contribution in [0.2, 0.25) is 5.02 Å². The maximum absolute atomic E-state index is 12.2. The lowest BCUT2D eigenvalue weighted by Gasteiger charge is -2.08. The minimum atomic E-state index is -0.549. The Balaban J connectivity index is 2.07. The van der Waals surface area contributed by atoms with Crippen molar-refractivity contribution in [2.45, 2.75) is 13.8 Å². The van der Waals surface area contributed by atoms with E-state index in [1.165, 1.54) is 13.1 Å². The standard InChI is InChI=1S/C19H17ClN4O2/c1-12-3-4-15(20)9-18(12)22-11-14(10-21)19(26)24-17-7-5-16(6-8-17)23-13(2)25/h3-9,11,22H,1-2H3,(H,23,25)(H,24,26)/b14-11-. The van der Waals surface area contributed by atoms with E-state index in [1.807, 2.05) is 19.1 Å². The molecule has 0 aromatic heterocycles. The number of nitrogens with one attached hydrogen (secondary N) is 3. The van der Waals surface area contributed by atoms with Crippen molar-refractivity contribution < 1.29 is 9.59 Å². The fourth-order valence-electron chi connectivity index (χ4n) is 2.09. The Kier molecular flexibility index (Phi) is 6.36. The van der Waals surface area contributed by atoms with Crippen molar-refractivity contribution in [1.82, 2.24) is 0 Å². The Morgan fingerprint density at radius 1 is 1.08 bits per heavy atom. The summed E-state index contributed by atoms with van der Waals surface area (Å²) >= 11 is 5.95. The predicted octanol–water partition coefficient (Wildman–Crippen LogP) is 4.06. The maximum atomic E-state index is 12.2. The number of anilines is 3. The summed E-state index contributed by atoms with van der Waals surface area (Å²) in [4.78, 5) is 23.2. The predicted molar refractivity (Wildman–Crippen MR) is 103 cm³/mol. The molecule has 6 nitrogen and oxygen atoms in total. The van der Waals surface area contributed by atoms with E-state index in [4.69, 9.17) is 11.6 Å². The molecule has 0 saturated heterocycles. The Morgan fingerprint density at radius 3 is 2.27 bits per heavy atom. The minimum Gasteiger partial charge on any atom is -0.360 e. The molecule has 0 saturated carbocycles. The van der Waals surface area contributed by atoms with Gasteiger partial charge in [0.15, 0.2) is 0 Å². The lowest BCUT2D eigenvalue weighted by molar-refractivity contribution is -0.114. The van der Waals surface area contributed by atoms with Crippen molar-refractivity contribution in [2.24, 2.45) is 0 Å². The first-order chi connectivity index (χ1) is 12.4. The number of nitriles is 1. The number of halogens is 1. The number of rotatable bonds is 5. The van der Waals surface area contributed by atoms with Crippen LogP contribution in [0.5, 0.6) is 0 Å². The quantitative estimate of drug-likeness (QED) is 0.547. The van der Waals surface area contributed by atoms with Crippen LogP contribution in [-0.2, 0) is 9.59 Å². The third-order valence-corrected chi connectivity index (χ3v) is 3.63. The molecule has 0 aliphatic heterocycles. The third-order valence-electron chi connectivity index (χ3n) is 3.40. The molecule has 0 bridgehead atoms. The van der Waals surface area contributed by atoms with Crippen LogP contribution in [0.3, 0.4) is 0 Å². The number of amides is 2. The normalized spacial score (nSPS) is 10.6. The van der Waals surface area contributed by atoms with Crippen molar-refractivity contribution in [3.8, 4) is 6.07 Å². The van der Waals surface area contributed by atoms with E-state index in [9.17, 15) is 14.9 Å². The van der Waals surface area contributed by atoms with Crippen LogP contribution in [0, 0.1) is 18.3 Å². The van der Waals surface area contributed by atoms with Gasteiger partial charge in [-0.25, -0.2) is 0 Å². The SMILES string of the molecule is CC(=O)Nc1ccc(NC(=O)/C(C#N)=C\Nc2cc(Cl)ccc2C)cc1. The highest BCUT2D eigenvalue weighted by molar-refractivity contribution is 6.30. The molecule has 7 heteroatoms. The third kappa shape index (κ3) is 5.36. The molecule has 3 N–H and O–H groups in total. The zero-order valence-electron chi connectivity index (χ0n) is 14.3. The van der Waals surface area contributed by atoms with Crippen LogP contribution in [-0.4, -0.2) is 11.8 Å². The molecule has 132 valence electrons. The number of carbonyl (C=O) groups excluding carboxylic acids is 2. The molecule has 2 rings (SSSR count). The van der Waals surface area contributed by atoms with Crippen molar-refractivity contribution in [3.63, 3.8) is 0 Å². The van der Waals surface area contributed by atoms with Gasteiger partial charge < -0.3 is 16.0 Å². The van der Waals surface area contributed by atoms with E-state index in [0.717, 1.165) is 5.56 Å². The molecule has 0 fully saturated rings. The summed E-state index contributed by atoms with van der Waals surface area (Å²) in [5, 5.41) is 18.0. The van der Waals surface area contributed by atoms with Gasteiger partial charge in [0.2, 0.25) is 5.91 Å². The van der Waals surface area contributed by atoms with Crippen LogP contribution in [0.4, 0.5) is 17.1 Å². The summed E-state index contributed by atoms with van der Waals surface area (Å²) in [5.41, 5.74) is 2.67. The molecule has 2 amide bonds. The van der Waals surface area contributed by atoms with Crippen molar-refractivity contribution in [1.29, 1.82) is 5.26 Å². The first-order valence-corrected chi connectivity index (χ1v) is 8.09. The fourth-order valence-corrected chi connectivity index (χ4v) is 2.26. The number of nitrogens with zero attached hydrogens (tertiary/aromatic N) is 1. The molecule has 0 unspecified atom stereocenters. The summed E-state index contributed by atoms with van der Waals surface area (Å²) in [7, 11) is 0. The first-order valence-electron chi connectivity index (χ1n) is 7.71. The highest BCUT2D eigenvalue weighted by Gasteiger charge is 2.10. The molecule has 0 radical (unpaired) electrons. The monoisotopic (exact) mass is 368 g/mol. The zero-order chi connectivity index (χ0) is 19.1. The van der Waals surface area contributed by atoms with E-state index in [2.05, 4.69) is 16.0 Å². The van der Waals surface area contributed by atoms with Gasteiger partial charge in [-0.3, -0.25) is 9.59 Å². The molecular formula is C19H17ClN4O2. The summed E-state index contributed by atoms with van der Waals surface area (Å²) in [6, 6.07) is 13.7. The molecule has 2 aromatic carbocycles. The van der Waals surface area contributed by atoms with Gasteiger partial charge in [-0.2, -0.15) is 5.26 Å². The number of aryl methyl sites for hydroxylation is 1. The van der Waals surface area contributed by atoms with Crippen LogP contribution in [0.1, 0.15) is 12.5 Å². The van der Waals surface area contributed by atoms with Gasteiger partial charge in [0.25, 0.3) is 5.91 Å². The molecule has 26 heavy (non-hydrogen) atoms. The molecule has 2 aromatic rings. The van der Waals surface area contributed by atoms with Gasteiger partial charge in [0, 0.05) is 35.2 Å². The van der Waals surface area contributed by atoms with Crippen molar-refractivity contribution in [3.05, 3.63) is 64.8 Å². The number of hydrogen-bond donors (Lipinski definition) is 3. The van der Waals surface area contributed by atoms with Crippen LogP contribution in [0.15, 0.2) is 54.2 Å². The van der Waals surface area contributed by atoms with E-state index in [0.29, 0.717) is 22.1 Å². The lowest BCUT2D eigenvalue weighted by atomic mass is 10.2. The zero-order valence-corrected chi connectivity index (χ0v) is 15.0. The smallest absolute Gasteiger partial charge is 0.267 e. The van der Waals surface area contributed by atoms with Gasteiger partial charge in [-0.05, 0) is 48.9 Å². The average Bonchev–Trinajstić information content (AvgIpc) is 2.59. The number of benzene rings is 2. The second-order valence-electron chi connectivity index (χ2n) is 5.49. The fraction of sp³-hybridized carbons (Fsp3) is 0.105. The van der Waals surface area contributed by atoms with Gasteiger partial charge in [-0.15, -0.1) is 0 Å². The minimum absolute atomic E-state index is 0.0877. The highest BCUT2D eigenvalue weighted by atomic mass is 35.5. The van der Waals surface area contributed by atoms with Gasteiger partial charge >= 0.3 is 0 Å². The highest BCUT2D eigenvalue weighted by Crippen LogP contribution is 2.20. The van der Waals surface area contributed by atoms with E-state index in [-0.39, 0.29) is 11.5 Å². The van der Waals surface area contributed by atoms with Gasteiger partial charge in [0.05, 0.1) is 0 Å². The summed E-state index contributed by atoms with van der Waals surface area (Å²) in [6.45, 7) is 3.30. The second-order valence-corrected chi connectivity index (χ2v) is 5.92. The lowest BCUT2D eigenvalue weighted by Crippen LogP contribution is -2.14. The average molecular weight is 369 g/mol. The van der Waals surface area contributed by atoms with Gasteiger partial charge in [0.1, 0.15) is 11.6 Å². The van der Waals surface area contributed by atoms with Crippen molar-refractivity contribution in [2.75, 3.05) is 16.0 Å². The topological polar surface area (TPSA) is 94.0 Å². The first kappa shape index (κ1) is 19.0. The Labute approximate surface area is 156 Å². The molecule has 0 spiro atoms. The van der Waals surface area contributed by atoms with E-state index in [1.54, 1.807) is 36.4 Å². The molecule has 0 aliphatic rings. The van der Waals surface area contributed by atoms with E-state index >= 15 is 0 Å². The Hall–Kier alpha value is -3.30. The second kappa shape index (κ2) is 8.70. The van der Waals surface area contributed by atoms with Crippen LogP contribution in [0.25, 0.3) is 0 Å². The molecule has 0 aliphatic carbocycles. The summed E-state index contributed by atoms with van der Waals surface area (Å²) in [6.07, 6.45) is 1.33. The number of hydrogen-bond acceptors (Lipinski definition) is 4.